The van der Waals surface area contributed by atoms with Gasteiger partial charge in [-0.3, -0.25) is 10.4 Å². The Balaban J connectivity index is 1.19. The van der Waals surface area contributed by atoms with E-state index >= 15 is 0 Å². The number of fused-ring (bicyclic) bond motifs is 10. The van der Waals surface area contributed by atoms with Gasteiger partial charge in [0, 0.05) is 39.3 Å². The summed E-state index contributed by atoms with van der Waals surface area (Å²) in [5.74, 6) is 0.771. The number of aromatic nitrogens is 1. The first kappa shape index (κ1) is 32.2. The summed E-state index contributed by atoms with van der Waals surface area (Å²) in [6.45, 7) is 0. The van der Waals surface area contributed by atoms with Crippen LogP contribution in [-0.4, -0.2) is 22.9 Å². The van der Waals surface area contributed by atoms with Crippen LogP contribution in [0.4, 0.5) is 0 Å². The second-order valence-electron chi connectivity index (χ2n) is 13.9. The molecule has 0 saturated carbocycles. The molecule has 0 radical (unpaired) electrons. The van der Waals surface area contributed by atoms with Crippen molar-refractivity contribution in [1.29, 1.82) is 5.41 Å². The van der Waals surface area contributed by atoms with E-state index in [0.717, 1.165) is 39.8 Å². The fourth-order valence-electron chi connectivity index (χ4n) is 8.41. The first-order valence-corrected chi connectivity index (χ1v) is 19.1. The third-order valence-electron chi connectivity index (χ3n) is 10.9. The van der Waals surface area contributed by atoms with Gasteiger partial charge in [-0.25, -0.2) is 9.98 Å². The molecule has 4 nitrogen and oxygen atoms in total. The van der Waals surface area contributed by atoms with Gasteiger partial charge in [0.15, 0.2) is 5.84 Å². The highest BCUT2D eigenvalue weighted by molar-refractivity contribution is 7.99. The summed E-state index contributed by atoms with van der Waals surface area (Å²) in [5, 5.41) is 11.3. The van der Waals surface area contributed by atoms with Gasteiger partial charge >= 0.3 is 0 Å². The molecule has 1 aliphatic heterocycles. The van der Waals surface area contributed by atoms with Crippen molar-refractivity contribution < 1.29 is 0 Å². The van der Waals surface area contributed by atoms with Crippen LogP contribution in [0.2, 0.25) is 0 Å². The number of allylic oxidation sites excluding steroid dienone is 3. The van der Waals surface area contributed by atoms with Gasteiger partial charge in [0.25, 0.3) is 0 Å². The summed E-state index contributed by atoms with van der Waals surface area (Å²) in [6, 6.07) is 50.1. The molecule has 256 valence electrons. The van der Waals surface area contributed by atoms with E-state index in [4.69, 9.17) is 15.4 Å². The molecular formula is C49H34N4S. The van der Waals surface area contributed by atoms with Crippen LogP contribution in [-0.2, 0) is 5.41 Å². The van der Waals surface area contributed by atoms with E-state index in [-0.39, 0.29) is 5.84 Å². The zero-order chi connectivity index (χ0) is 36.1. The average molecular weight is 711 g/mol. The molecule has 54 heavy (non-hydrogen) atoms. The van der Waals surface area contributed by atoms with Gasteiger partial charge in [0.1, 0.15) is 5.84 Å². The number of benzene rings is 6. The van der Waals surface area contributed by atoms with Gasteiger partial charge in [-0.15, -0.1) is 0 Å². The summed E-state index contributed by atoms with van der Waals surface area (Å²) in [5.41, 5.74) is 12.3. The largest absolute Gasteiger partial charge is 0.283 e. The maximum atomic E-state index is 9.01. The lowest BCUT2D eigenvalue weighted by atomic mass is 9.67. The van der Waals surface area contributed by atoms with Crippen LogP contribution in [0.3, 0.4) is 0 Å². The summed E-state index contributed by atoms with van der Waals surface area (Å²) in [6.07, 6.45) is 13.5. The minimum absolute atomic E-state index is 0.250. The highest BCUT2D eigenvalue weighted by Crippen LogP contribution is 2.62. The van der Waals surface area contributed by atoms with Crippen molar-refractivity contribution in [3.63, 3.8) is 0 Å². The van der Waals surface area contributed by atoms with Crippen molar-refractivity contribution in [2.75, 3.05) is 0 Å². The van der Waals surface area contributed by atoms with Crippen molar-refractivity contribution in [2.45, 2.75) is 28.0 Å². The van der Waals surface area contributed by atoms with Crippen LogP contribution in [0.5, 0.6) is 0 Å². The molecule has 1 spiro atoms. The predicted molar refractivity (Wildman–Crippen MR) is 223 cm³/mol. The lowest BCUT2D eigenvalue weighted by Gasteiger charge is -2.40. The third kappa shape index (κ3) is 5.23. The molecule has 6 aromatic carbocycles. The predicted octanol–water partition coefficient (Wildman–Crippen LogP) is 11.8. The zero-order valence-corrected chi connectivity index (χ0v) is 30.2. The van der Waals surface area contributed by atoms with Gasteiger partial charge in [-0.2, -0.15) is 0 Å². The van der Waals surface area contributed by atoms with E-state index in [1.54, 1.807) is 11.8 Å². The molecule has 0 unspecified atom stereocenters. The Morgan fingerprint density at radius 3 is 2.20 bits per heavy atom. The molecule has 10 rings (SSSR count). The van der Waals surface area contributed by atoms with Crippen LogP contribution in [0.15, 0.2) is 195 Å². The Bertz CT molecular complexity index is 2720. The smallest absolute Gasteiger partial charge is 0.161 e. The Morgan fingerprint density at radius 2 is 1.43 bits per heavy atom. The number of pyridine rings is 1. The van der Waals surface area contributed by atoms with E-state index in [2.05, 4.69) is 120 Å². The van der Waals surface area contributed by atoms with E-state index in [0.29, 0.717) is 5.84 Å². The van der Waals surface area contributed by atoms with Crippen LogP contribution < -0.4 is 0 Å². The maximum absolute atomic E-state index is 9.01. The van der Waals surface area contributed by atoms with Crippen LogP contribution in [0.25, 0.3) is 33.0 Å². The highest BCUT2D eigenvalue weighted by atomic mass is 32.2. The normalized spacial score (nSPS) is 15.1. The van der Waals surface area contributed by atoms with Crippen molar-refractivity contribution in [1.82, 2.24) is 4.98 Å². The first-order chi connectivity index (χ1) is 26.7. The Morgan fingerprint density at radius 1 is 0.704 bits per heavy atom. The average Bonchev–Trinajstić information content (AvgIpc) is 3.53. The Hall–Kier alpha value is -6.43. The minimum atomic E-state index is -0.514. The molecular weight excluding hydrogens is 677 g/mol. The molecule has 0 saturated heterocycles. The fraction of sp³-hybridized carbons (Fsp3) is 0.0612. The van der Waals surface area contributed by atoms with Crippen LogP contribution in [0, 0.1) is 5.41 Å². The van der Waals surface area contributed by atoms with E-state index in [1.165, 1.54) is 54.8 Å². The number of hydrogen-bond donors (Lipinski definition) is 1. The van der Waals surface area contributed by atoms with Gasteiger partial charge in [-0.05, 0) is 92.1 Å². The van der Waals surface area contributed by atoms with E-state index < -0.39 is 5.41 Å². The van der Waals surface area contributed by atoms with Crippen LogP contribution in [0.1, 0.15) is 46.2 Å². The standard InChI is InChI=1S/C49H34N4S/c50-47(33-14-5-2-6-15-33)53-48(52-30-32-12-3-1-4-13-32)35-23-25-44-46(29-35)54-45-28-34(37-19-11-16-36-31-51-27-26-38(36)37)22-24-43(45)49(44)41-20-9-7-17-39(41)40-18-8-10-21-42(40)49/h1-5,7-14,16-31,50H,6,15H2. The Kier molecular flexibility index (Phi) is 7.88. The van der Waals surface area contributed by atoms with Gasteiger partial charge in [0.2, 0.25) is 0 Å². The monoisotopic (exact) mass is 710 g/mol. The molecule has 5 heteroatoms. The lowest BCUT2D eigenvalue weighted by Crippen LogP contribution is -2.32. The molecule has 0 atom stereocenters. The molecule has 2 aliphatic carbocycles. The number of nitrogens with one attached hydrogen (secondary N) is 1. The van der Waals surface area contributed by atoms with Gasteiger partial charge < -0.3 is 0 Å². The number of hydrogen-bond acceptors (Lipinski definition) is 3. The molecule has 1 aromatic heterocycles. The molecule has 0 amide bonds. The number of aliphatic imine (C=N–C) groups is 2. The fourth-order valence-corrected chi connectivity index (χ4v) is 9.68. The SMILES string of the molecule is N=C(N=C(N=Cc1ccccc1)c1ccc2c(c1)Sc1cc(-c3cccc4cnccc34)ccc1C21c2ccccc2-c2ccccc21)C1=CC=CCC1. The van der Waals surface area contributed by atoms with Gasteiger partial charge in [-0.1, -0.05) is 151 Å². The quantitative estimate of drug-likeness (QED) is 0.146. The van der Waals surface area contributed by atoms with Crippen molar-refractivity contribution in [3.8, 4) is 22.3 Å². The number of rotatable bonds is 4. The minimum Gasteiger partial charge on any atom is -0.283 e. The molecule has 3 aliphatic rings. The van der Waals surface area contributed by atoms with Crippen molar-refractivity contribution >= 4 is 40.4 Å². The molecule has 7 aromatic rings. The van der Waals surface area contributed by atoms with Crippen LogP contribution >= 0.6 is 11.8 Å². The molecule has 2 heterocycles. The highest BCUT2D eigenvalue weighted by Gasteiger charge is 2.50. The van der Waals surface area contributed by atoms with E-state index in [9.17, 15) is 0 Å². The molecule has 0 fully saturated rings. The second-order valence-corrected chi connectivity index (χ2v) is 15.0. The second kappa shape index (κ2) is 13.2. The van der Waals surface area contributed by atoms with Crippen molar-refractivity contribution in [2.24, 2.45) is 9.98 Å². The number of nitrogens with zero attached hydrogens (tertiary/aromatic N) is 3. The summed E-state index contributed by atoms with van der Waals surface area (Å²) >= 11 is 1.81. The lowest BCUT2D eigenvalue weighted by molar-refractivity contribution is 0.722. The Labute approximate surface area is 318 Å². The first-order valence-electron chi connectivity index (χ1n) is 18.3. The summed E-state index contributed by atoms with van der Waals surface area (Å²) in [4.78, 5) is 16.6. The molecule has 1 N–H and O–H groups in total. The molecule has 0 bridgehead atoms. The maximum Gasteiger partial charge on any atom is 0.161 e. The number of amidine groups is 2. The topological polar surface area (TPSA) is 61.5 Å². The zero-order valence-electron chi connectivity index (χ0n) is 29.4. The van der Waals surface area contributed by atoms with E-state index in [1.807, 2.05) is 61.1 Å². The van der Waals surface area contributed by atoms with Crippen molar-refractivity contribution in [3.05, 3.63) is 209 Å². The summed E-state index contributed by atoms with van der Waals surface area (Å²) in [7, 11) is 0. The third-order valence-corrected chi connectivity index (χ3v) is 12.0. The summed E-state index contributed by atoms with van der Waals surface area (Å²) < 4.78 is 0. The van der Waals surface area contributed by atoms with Gasteiger partial charge in [0.05, 0.1) is 5.41 Å².